The average Bonchev–Trinajstić information content (AvgIpc) is 3.22. The third kappa shape index (κ3) is 3.39. The topological polar surface area (TPSA) is 50.8 Å². The van der Waals surface area contributed by atoms with E-state index in [1.54, 1.807) is 0 Å². The van der Waals surface area contributed by atoms with Gasteiger partial charge in [0.1, 0.15) is 11.3 Å². The van der Waals surface area contributed by atoms with Crippen LogP contribution in [0.2, 0.25) is 0 Å². The van der Waals surface area contributed by atoms with Gasteiger partial charge in [0.15, 0.2) is 0 Å². The Morgan fingerprint density at radius 3 is 2.84 bits per heavy atom. The Kier molecular flexibility index (Phi) is 5.10. The van der Waals surface area contributed by atoms with Gasteiger partial charge in [-0.15, -0.1) is 0 Å². The number of piperidine rings is 1. The van der Waals surface area contributed by atoms with Crippen molar-refractivity contribution >= 4 is 22.9 Å². The number of hydrogen-bond acceptors (Lipinski definition) is 5. The fraction of sp³-hybridized carbons (Fsp3) is 0.615. The van der Waals surface area contributed by atoms with E-state index < -0.39 is 0 Å². The number of hydrogen-bond donors (Lipinski definition) is 1. The minimum absolute atomic E-state index is 0.00487. The van der Waals surface area contributed by atoms with Crippen LogP contribution < -0.4 is 4.90 Å². The number of nitrogens with one attached hydrogen (secondary N) is 1. The highest BCUT2D eigenvalue weighted by Gasteiger charge is 2.51. The number of anilines is 1. The summed E-state index contributed by atoms with van der Waals surface area (Å²) in [6.07, 6.45) is 11.8. The lowest BCUT2D eigenvalue weighted by molar-refractivity contribution is -0.0136. The van der Waals surface area contributed by atoms with Crippen molar-refractivity contribution in [3.8, 4) is 0 Å². The van der Waals surface area contributed by atoms with Gasteiger partial charge in [-0.25, -0.2) is 4.98 Å². The van der Waals surface area contributed by atoms with E-state index in [1.165, 1.54) is 31.4 Å². The predicted octanol–water partition coefficient (Wildman–Crippen LogP) is 3.70. The molecule has 0 spiro atoms. The molecule has 1 aromatic heterocycles. The Bertz CT molecular complexity index is 1030. The highest BCUT2D eigenvalue weighted by atomic mass is 15.3. The second-order valence-corrected chi connectivity index (χ2v) is 10.5. The van der Waals surface area contributed by atoms with Crippen LogP contribution in [0.5, 0.6) is 0 Å². The van der Waals surface area contributed by atoms with Crippen LogP contribution >= 0.6 is 0 Å². The first-order chi connectivity index (χ1) is 15.6. The van der Waals surface area contributed by atoms with E-state index in [1.807, 2.05) is 6.21 Å². The first-order valence-corrected chi connectivity index (χ1v) is 12.5. The summed E-state index contributed by atoms with van der Waals surface area (Å²) in [5.74, 6) is 2.41. The molecule has 2 unspecified atom stereocenters. The van der Waals surface area contributed by atoms with Gasteiger partial charge in [0.2, 0.25) is 0 Å². The zero-order chi connectivity index (χ0) is 21.7. The van der Waals surface area contributed by atoms with Crippen molar-refractivity contribution in [2.24, 2.45) is 16.8 Å². The van der Waals surface area contributed by atoms with Gasteiger partial charge in [-0.05, 0) is 70.3 Å². The molecule has 0 radical (unpaired) electrons. The van der Waals surface area contributed by atoms with Gasteiger partial charge < -0.3 is 14.8 Å². The number of imidazole rings is 1. The van der Waals surface area contributed by atoms with E-state index in [-0.39, 0.29) is 5.54 Å². The highest BCUT2D eigenvalue weighted by Crippen LogP contribution is 2.47. The van der Waals surface area contributed by atoms with Crippen LogP contribution in [0.15, 0.2) is 35.3 Å². The molecule has 3 aliphatic heterocycles. The van der Waals surface area contributed by atoms with Gasteiger partial charge in [-0.3, -0.25) is 9.89 Å². The van der Waals surface area contributed by atoms with E-state index in [9.17, 15) is 0 Å². The zero-order valence-electron chi connectivity index (χ0n) is 19.5. The molecule has 1 aromatic carbocycles. The molecule has 170 valence electrons. The van der Waals surface area contributed by atoms with Crippen LogP contribution in [0.3, 0.4) is 0 Å². The van der Waals surface area contributed by atoms with Crippen LogP contribution in [0.1, 0.15) is 38.4 Å². The fourth-order valence-electron chi connectivity index (χ4n) is 6.87. The zero-order valence-corrected chi connectivity index (χ0v) is 19.5. The Hall–Kier alpha value is -2.18. The number of benzene rings is 1. The molecule has 6 heteroatoms. The predicted molar refractivity (Wildman–Crippen MR) is 131 cm³/mol. The van der Waals surface area contributed by atoms with E-state index in [0.717, 1.165) is 62.0 Å². The molecule has 0 bridgehead atoms. The molecule has 3 fully saturated rings. The number of fused-ring (bicyclic) bond motifs is 4. The smallest absolute Gasteiger partial charge is 0.121 e. The lowest BCUT2D eigenvalue weighted by Gasteiger charge is -2.55. The number of piperazine rings is 1. The van der Waals surface area contributed by atoms with Crippen molar-refractivity contribution in [2.75, 3.05) is 44.7 Å². The standard InChI is InChI=1S/C26H36N6/c1-26-20(7-4-12-27-26)11-10-19-6-5-13-32(25(19)26)18-23-28-21-8-3-9-22(24(21)29-23)31-16-14-30(2)15-17-31/h3-4,7-9,12,19-20,25H,5-6,10-11,13-18H2,1-2H3,(H,28,29)/t19-,20?,25-,26?/m0/s1. The van der Waals surface area contributed by atoms with Crippen molar-refractivity contribution in [1.29, 1.82) is 0 Å². The Morgan fingerprint density at radius 1 is 1.09 bits per heavy atom. The number of aromatic amines is 1. The van der Waals surface area contributed by atoms with Crippen LogP contribution in [-0.4, -0.2) is 77.3 Å². The van der Waals surface area contributed by atoms with Gasteiger partial charge >= 0.3 is 0 Å². The van der Waals surface area contributed by atoms with Crippen molar-refractivity contribution in [3.63, 3.8) is 0 Å². The number of likely N-dealkylation sites (tertiary alicyclic amines) is 1. The molecule has 4 aliphatic rings. The van der Waals surface area contributed by atoms with Crippen molar-refractivity contribution < 1.29 is 0 Å². The van der Waals surface area contributed by atoms with E-state index in [2.05, 4.69) is 64.0 Å². The third-order valence-corrected chi connectivity index (χ3v) is 8.58. The Labute approximate surface area is 191 Å². The maximum absolute atomic E-state index is 5.16. The second kappa shape index (κ2) is 7.99. The Balaban J connectivity index is 1.29. The number of nitrogens with zero attached hydrogens (tertiary/aromatic N) is 5. The van der Waals surface area contributed by atoms with E-state index >= 15 is 0 Å². The number of allylic oxidation sites excluding steroid dienone is 1. The lowest BCUT2D eigenvalue weighted by atomic mass is 9.62. The van der Waals surface area contributed by atoms with Crippen LogP contribution in [-0.2, 0) is 6.54 Å². The van der Waals surface area contributed by atoms with E-state index in [0.29, 0.717) is 12.0 Å². The average molecular weight is 433 g/mol. The third-order valence-electron chi connectivity index (χ3n) is 8.58. The second-order valence-electron chi connectivity index (χ2n) is 10.5. The minimum Gasteiger partial charge on any atom is -0.367 e. The maximum Gasteiger partial charge on any atom is 0.121 e. The molecular weight excluding hydrogens is 396 g/mol. The quantitative estimate of drug-likeness (QED) is 0.803. The van der Waals surface area contributed by atoms with Crippen LogP contribution in [0.4, 0.5) is 5.69 Å². The molecule has 32 heavy (non-hydrogen) atoms. The number of rotatable bonds is 3. The summed E-state index contributed by atoms with van der Waals surface area (Å²) in [5.41, 5.74) is 3.57. The summed E-state index contributed by atoms with van der Waals surface area (Å²) < 4.78 is 0. The number of aliphatic imine (C=N–C) groups is 1. The molecule has 6 rings (SSSR count). The summed E-state index contributed by atoms with van der Waals surface area (Å²) in [7, 11) is 2.21. The number of dihydropyridines is 1. The molecular formula is C26H36N6. The summed E-state index contributed by atoms with van der Waals surface area (Å²) in [6.45, 7) is 8.79. The molecule has 1 N–H and O–H groups in total. The summed E-state index contributed by atoms with van der Waals surface area (Å²) in [5, 5.41) is 0. The van der Waals surface area contributed by atoms with Crippen LogP contribution in [0, 0.1) is 11.8 Å². The number of aromatic nitrogens is 2. The van der Waals surface area contributed by atoms with E-state index in [4.69, 9.17) is 9.98 Å². The van der Waals surface area contributed by atoms with Gasteiger partial charge in [-0.2, -0.15) is 0 Å². The van der Waals surface area contributed by atoms with Crippen molar-refractivity contribution in [1.82, 2.24) is 19.8 Å². The first-order valence-electron chi connectivity index (χ1n) is 12.5. The maximum atomic E-state index is 5.16. The molecule has 4 atom stereocenters. The van der Waals surface area contributed by atoms with Gasteiger partial charge in [-0.1, -0.05) is 12.1 Å². The van der Waals surface area contributed by atoms with Gasteiger partial charge in [0.25, 0.3) is 0 Å². The van der Waals surface area contributed by atoms with Gasteiger partial charge in [0, 0.05) is 44.4 Å². The largest absolute Gasteiger partial charge is 0.367 e. The summed E-state index contributed by atoms with van der Waals surface area (Å²) >= 11 is 0. The fourth-order valence-corrected chi connectivity index (χ4v) is 6.87. The van der Waals surface area contributed by atoms with Crippen molar-refractivity contribution in [2.45, 2.75) is 50.7 Å². The lowest BCUT2D eigenvalue weighted by Crippen LogP contribution is -2.62. The first kappa shape index (κ1) is 20.4. The number of likely N-dealkylation sites (N-methyl/N-ethyl adjacent to an activating group) is 1. The molecule has 2 saturated heterocycles. The van der Waals surface area contributed by atoms with Crippen molar-refractivity contribution in [3.05, 3.63) is 36.2 Å². The number of H-pyrrole nitrogens is 1. The molecule has 0 amide bonds. The minimum atomic E-state index is -0.00487. The monoisotopic (exact) mass is 432 g/mol. The molecule has 2 aromatic rings. The normalized spacial score (nSPS) is 33.4. The number of para-hydroxylation sites is 1. The Morgan fingerprint density at radius 2 is 1.97 bits per heavy atom. The highest BCUT2D eigenvalue weighted by molar-refractivity contribution is 5.89. The summed E-state index contributed by atoms with van der Waals surface area (Å²) in [6, 6.07) is 7.09. The molecule has 1 aliphatic carbocycles. The SMILES string of the molecule is CN1CCN(c2cccc3[nH]c(CN4CCC[C@H]5CCC6C=CC=NC6(C)[C@H]54)nc23)CC1. The molecule has 4 heterocycles. The van der Waals surface area contributed by atoms with Crippen LogP contribution in [0.25, 0.3) is 11.0 Å². The van der Waals surface area contributed by atoms with Gasteiger partial charge in [0.05, 0.1) is 23.3 Å². The summed E-state index contributed by atoms with van der Waals surface area (Å²) in [4.78, 5) is 21.5. The molecule has 1 saturated carbocycles. The molecule has 6 nitrogen and oxygen atoms in total.